The summed E-state index contributed by atoms with van der Waals surface area (Å²) in [5.41, 5.74) is 0.503. The summed E-state index contributed by atoms with van der Waals surface area (Å²) >= 11 is 7.44. The van der Waals surface area contributed by atoms with Gasteiger partial charge in [-0.3, -0.25) is 4.79 Å². The SMILES string of the molecule is CCCn1c(CC)nnc1SCC(=O)Nc1cc(OC)c(Cl)cc1OC. The van der Waals surface area contributed by atoms with E-state index in [9.17, 15) is 4.79 Å². The van der Waals surface area contributed by atoms with Crippen molar-refractivity contribution >= 4 is 35.0 Å². The molecule has 1 N–H and O–H groups in total. The Morgan fingerprint density at radius 2 is 1.96 bits per heavy atom. The molecule has 0 aliphatic rings. The molecule has 2 rings (SSSR count). The van der Waals surface area contributed by atoms with Gasteiger partial charge in [-0.05, 0) is 6.42 Å². The van der Waals surface area contributed by atoms with E-state index in [1.54, 1.807) is 12.1 Å². The molecule has 2 aromatic rings. The van der Waals surface area contributed by atoms with Gasteiger partial charge in [-0.15, -0.1) is 10.2 Å². The molecule has 0 spiro atoms. The summed E-state index contributed by atoms with van der Waals surface area (Å²) in [6.45, 7) is 4.97. The number of nitrogens with zero attached hydrogens (tertiary/aromatic N) is 3. The molecule has 9 heteroatoms. The molecule has 0 radical (unpaired) electrons. The maximum atomic E-state index is 12.4. The number of rotatable bonds is 9. The van der Waals surface area contributed by atoms with Gasteiger partial charge in [0.25, 0.3) is 0 Å². The Bertz CT molecular complexity index is 767. The van der Waals surface area contributed by atoms with Gasteiger partial charge in [0.2, 0.25) is 5.91 Å². The molecule has 142 valence electrons. The summed E-state index contributed by atoms with van der Waals surface area (Å²) in [6, 6.07) is 3.24. The van der Waals surface area contributed by atoms with Crippen LogP contribution in [0.1, 0.15) is 26.1 Å². The summed E-state index contributed by atoms with van der Waals surface area (Å²) in [4.78, 5) is 12.4. The quantitative estimate of drug-likeness (QED) is 0.649. The van der Waals surface area contributed by atoms with Crippen LogP contribution in [0.25, 0.3) is 0 Å². The van der Waals surface area contributed by atoms with Crippen molar-refractivity contribution in [2.24, 2.45) is 0 Å². The zero-order chi connectivity index (χ0) is 19.1. The van der Waals surface area contributed by atoms with Gasteiger partial charge in [0.05, 0.1) is 30.7 Å². The number of ether oxygens (including phenoxy) is 2. The van der Waals surface area contributed by atoms with E-state index in [1.165, 1.54) is 26.0 Å². The van der Waals surface area contributed by atoms with Gasteiger partial charge in [-0.25, -0.2) is 0 Å². The van der Waals surface area contributed by atoms with E-state index < -0.39 is 0 Å². The lowest BCUT2D eigenvalue weighted by Gasteiger charge is -2.13. The van der Waals surface area contributed by atoms with Crippen LogP contribution in [0, 0.1) is 0 Å². The Balaban J connectivity index is 2.07. The number of halogens is 1. The number of carbonyl (C=O) groups is 1. The van der Waals surface area contributed by atoms with Crippen molar-refractivity contribution in [3.8, 4) is 11.5 Å². The second-order valence-electron chi connectivity index (χ2n) is 5.43. The van der Waals surface area contributed by atoms with Crippen molar-refractivity contribution in [2.75, 3.05) is 25.3 Å². The molecule has 0 saturated carbocycles. The summed E-state index contributed by atoms with van der Waals surface area (Å²) < 4.78 is 12.5. The van der Waals surface area contributed by atoms with E-state index in [4.69, 9.17) is 21.1 Å². The Labute approximate surface area is 162 Å². The van der Waals surface area contributed by atoms with Crippen LogP contribution in [-0.4, -0.2) is 40.6 Å². The zero-order valence-corrected chi connectivity index (χ0v) is 16.9. The van der Waals surface area contributed by atoms with Crippen LogP contribution < -0.4 is 14.8 Å². The van der Waals surface area contributed by atoms with Crippen molar-refractivity contribution in [3.05, 3.63) is 23.0 Å². The molecule has 0 aliphatic heterocycles. The summed E-state index contributed by atoms with van der Waals surface area (Å²) in [5, 5.41) is 12.4. The lowest BCUT2D eigenvalue weighted by Crippen LogP contribution is -2.15. The predicted octanol–water partition coefficient (Wildman–Crippen LogP) is 3.65. The molecule has 1 aromatic carbocycles. The number of hydrogen-bond acceptors (Lipinski definition) is 6. The molecular weight excluding hydrogens is 376 g/mol. The Hall–Kier alpha value is -1.93. The Morgan fingerprint density at radius 1 is 1.23 bits per heavy atom. The van der Waals surface area contributed by atoms with Gasteiger partial charge in [0.15, 0.2) is 5.16 Å². The minimum atomic E-state index is -0.179. The normalized spacial score (nSPS) is 10.7. The minimum Gasteiger partial charge on any atom is -0.495 e. The topological polar surface area (TPSA) is 78.3 Å². The molecular formula is C17H23ClN4O3S. The average Bonchev–Trinajstić information content (AvgIpc) is 3.03. The van der Waals surface area contributed by atoms with Gasteiger partial charge in [0.1, 0.15) is 17.3 Å². The van der Waals surface area contributed by atoms with Gasteiger partial charge in [0, 0.05) is 25.1 Å². The third-order valence-corrected chi connectivity index (χ3v) is 4.90. The number of nitrogens with one attached hydrogen (secondary N) is 1. The Morgan fingerprint density at radius 3 is 2.58 bits per heavy atom. The second kappa shape index (κ2) is 9.68. The fraction of sp³-hybridized carbons (Fsp3) is 0.471. The molecule has 1 heterocycles. The van der Waals surface area contributed by atoms with Crippen LogP contribution in [0.15, 0.2) is 17.3 Å². The molecule has 26 heavy (non-hydrogen) atoms. The molecule has 1 amide bonds. The molecule has 7 nitrogen and oxygen atoms in total. The number of methoxy groups -OCH3 is 2. The highest BCUT2D eigenvalue weighted by Crippen LogP contribution is 2.36. The molecule has 0 bridgehead atoms. The molecule has 1 aromatic heterocycles. The third kappa shape index (κ3) is 4.82. The van der Waals surface area contributed by atoms with E-state index >= 15 is 0 Å². The van der Waals surface area contributed by atoms with Crippen LogP contribution in [0.2, 0.25) is 5.02 Å². The standard InChI is InChI=1S/C17H23ClN4O3S/c1-5-7-22-15(6-2)20-21-17(22)26-10-16(23)19-12-9-13(24-3)11(18)8-14(12)25-4/h8-9H,5-7,10H2,1-4H3,(H,19,23). The highest BCUT2D eigenvalue weighted by molar-refractivity contribution is 7.99. The fourth-order valence-electron chi connectivity index (χ4n) is 2.41. The van der Waals surface area contributed by atoms with Gasteiger partial charge in [-0.2, -0.15) is 0 Å². The van der Waals surface area contributed by atoms with Crippen LogP contribution in [0.4, 0.5) is 5.69 Å². The van der Waals surface area contributed by atoms with Crippen LogP contribution in [-0.2, 0) is 17.8 Å². The first-order valence-electron chi connectivity index (χ1n) is 8.30. The van der Waals surface area contributed by atoms with Crippen molar-refractivity contribution < 1.29 is 14.3 Å². The number of benzene rings is 1. The lowest BCUT2D eigenvalue weighted by atomic mass is 10.2. The molecule has 0 aliphatic carbocycles. The Kier molecular flexibility index (Phi) is 7.59. The molecule has 0 saturated heterocycles. The lowest BCUT2D eigenvalue weighted by molar-refractivity contribution is -0.113. The van der Waals surface area contributed by atoms with Gasteiger partial charge in [-0.1, -0.05) is 37.2 Å². The second-order valence-corrected chi connectivity index (χ2v) is 6.78. The highest BCUT2D eigenvalue weighted by Gasteiger charge is 2.15. The average molecular weight is 399 g/mol. The smallest absolute Gasteiger partial charge is 0.234 e. The predicted molar refractivity (Wildman–Crippen MR) is 104 cm³/mol. The van der Waals surface area contributed by atoms with E-state index in [-0.39, 0.29) is 11.7 Å². The van der Waals surface area contributed by atoms with E-state index in [1.807, 2.05) is 6.92 Å². The number of anilines is 1. The fourth-order valence-corrected chi connectivity index (χ4v) is 3.42. The monoisotopic (exact) mass is 398 g/mol. The molecule has 0 fully saturated rings. The number of hydrogen-bond donors (Lipinski definition) is 1. The minimum absolute atomic E-state index is 0.179. The van der Waals surface area contributed by atoms with Crippen molar-refractivity contribution in [1.29, 1.82) is 0 Å². The molecule has 0 unspecified atom stereocenters. The first-order chi connectivity index (χ1) is 12.5. The maximum Gasteiger partial charge on any atom is 0.234 e. The van der Waals surface area contributed by atoms with Crippen molar-refractivity contribution in [3.63, 3.8) is 0 Å². The number of thioether (sulfide) groups is 1. The van der Waals surface area contributed by atoms with Gasteiger partial charge < -0.3 is 19.4 Å². The zero-order valence-electron chi connectivity index (χ0n) is 15.3. The summed E-state index contributed by atoms with van der Waals surface area (Å²) in [6.07, 6.45) is 1.79. The van der Waals surface area contributed by atoms with E-state index in [0.29, 0.717) is 22.2 Å². The maximum absolute atomic E-state index is 12.4. The third-order valence-electron chi connectivity index (χ3n) is 3.64. The van der Waals surface area contributed by atoms with Crippen LogP contribution in [0.5, 0.6) is 11.5 Å². The van der Waals surface area contributed by atoms with Crippen LogP contribution >= 0.6 is 23.4 Å². The van der Waals surface area contributed by atoms with E-state index in [2.05, 4.69) is 27.0 Å². The number of amides is 1. The van der Waals surface area contributed by atoms with Gasteiger partial charge >= 0.3 is 0 Å². The highest BCUT2D eigenvalue weighted by atomic mass is 35.5. The first kappa shape index (κ1) is 20.4. The summed E-state index contributed by atoms with van der Waals surface area (Å²) in [5.74, 6) is 1.89. The van der Waals surface area contributed by atoms with Crippen molar-refractivity contribution in [2.45, 2.75) is 38.4 Å². The number of carbonyl (C=O) groups excluding carboxylic acids is 1. The van der Waals surface area contributed by atoms with Crippen LogP contribution in [0.3, 0.4) is 0 Å². The number of aromatic nitrogens is 3. The first-order valence-corrected chi connectivity index (χ1v) is 9.66. The van der Waals surface area contributed by atoms with Crippen molar-refractivity contribution in [1.82, 2.24) is 14.8 Å². The van der Waals surface area contributed by atoms with E-state index in [0.717, 1.165) is 30.4 Å². The largest absolute Gasteiger partial charge is 0.495 e. The number of aryl methyl sites for hydroxylation is 1. The summed E-state index contributed by atoms with van der Waals surface area (Å²) in [7, 11) is 3.03. The molecule has 0 atom stereocenters.